The number of primary amides is 1. The number of nitrogens with two attached hydrogens (primary N) is 1. The van der Waals surface area contributed by atoms with Crippen LogP contribution in [0.1, 0.15) is 18.1 Å². The van der Waals surface area contributed by atoms with E-state index in [0.29, 0.717) is 24.7 Å². The van der Waals surface area contributed by atoms with Crippen LogP contribution < -0.4 is 5.73 Å². The molecular formula is C14H20ClN3O2. The molecule has 2 rings (SSSR count). The summed E-state index contributed by atoms with van der Waals surface area (Å²) in [5.74, 6) is 0. The van der Waals surface area contributed by atoms with Crippen molar-refractivity contribution in [2.24, 2.45) is 5.73 Å². The monoisotopic (exact) mass is 297 g/mol. The normalized spacial score (nSPS) is 18.6. The molecule has 0 aliphatic carbocycles. The largest absolute Gasteiger partial charge is 0.387 e. The van der Waals surface area contributed by atoms with Gasteiger partial charge in [-0.25, -0.2) is 4.79 Å². The number of β-amino-alcohol motifs (C(OH)–C–C–N with tert-alkyl or cyclic N) is 1. The lowest BCUT2D eigenvalue weighted by atomic mass is 10.1. The van der Waals surface area contributed by atoms with Crippen LogP contribution in [0.2, 0.25) is 5.02 Å². The summed E-state index contributed by atoms with van der Waals surface area (Å²) in [4.78, 5) is 15.0. The van der Waals surface area contributed by atoms with Gasteiger partial charge in [0.15, 0.2) is 0 Å². The quantitative estimate of drug-likeness (QED) is 0.887. The van der Waals surface area contributed by atoms with Gasteiger partial charge in [0, 0.05) is 37.7 Å². The summed E-state index contributed by atoms with van der Waals surface area (Å²) in [5.41, 5.74) is 6.15. The molecule has 20 heavy (non-hydrogen) atoms. The molecule has 1 aliphatic heterocycles. The van der Waals surface area contributed by atoms with Crippen LogP contribution in [0.3, 0.4) is 0 Å². The second kappa shape index (κ2) is 6.92. The van der Waals surface area contributed by atoms with Gasteiger partial charge in [-0.05, 0) is 24.1 Å². The molecule has 0 radical (unpaired) electrons. The van der Waals surface area contributed by atoms with Crippen LogP contribution in [-0.4, -0.2) is 53.7 Å². The Labute approximate surface area is 123 Å². The number of aliphatic hydroxyl groups is 1. The van der Waals surface area contributed by atoms with Crippen LogP contribution >= 0.6 is 11.6 Å². The lowest BCUT2D eigenvalue weighted by molar-refractivity contribution is 0.115. The molecular weight excluding hydrogens is 278 g/mol. The van der Waals surface area contributed by atoms with Crippen molar-refractivity contribution >= 4 is 17.6 Å². The van der Waals surface area contributed by atoms with Gasteiger partial charge >= 0.3 is 6.03 Å². The van der Waals surface area contributed by atoms with Crippen molar-refractivity contribution in [2.75, 3.05) is 32.7 Å². The molecule has 0 spiro atoms. The van der Waals surface area contributed by atoms with Gasteiger partial charge < -0.3 is 15.7 Å². The van der Waals surface area contributed by atoms with Crippen molar-refractivity contribution in [1.29, 1.82) is 0 Å². The number of carbonyl (C=O) groups is 1. The minimum absolute atomic E-state index is 0.370. The molecule has 2 amide bonds. The Bertz CT molecular complexity index is 452. The molecule has 0 bridgehead atoms. The average Bonchev–Trinajstić information content (AvgIpc) is 2.65. The van der Waals surface area contributed by atoms with E-state index in [2.05, 4.69) is 4.90 Å². The highest BCUT2D eigenvalue weighted by Crippen LogP contribution is 2.18. The van der Waals surface area contributed by atoms with Crippen LogP contribution in [0.5, 0.6) is 0 Å². The van der Waals surface area contributed by atoms with Crippen LogP contribution in [0, 0.1) is 0 Å². The van der Waals surface area contributed by atoms with E-state index in [0.717, 1.165) is 25.1 Å². The Kier molecular flexibility index (Phi) is 5.23. The van der Waals surface area contributed by atoms with Gasteiger partial charge in [-0.15, -0.1) is 0 Å². The Morgan fingerprint density at radius 3 is 2.60 bits per heavy atom. The molecule has 1 aromatic rings. The van der Waals surface area contributed by atoms with E-state index in [9.17, 15) is 9.90 Å². The van der Waals surface area contributed by atoms with Crippen LogP contribution in [0.4, 0.5) is 4.79 Å². The highest BCUT2D eigenvalue weighted by molar-refractivity contribution is 6.30. The number of rotatable bonds is 3. The number of carbonyl (C=O) groups excluding carboxylic acids is 1. The second-order valence-corrected chi connectivity index (χ2v) is 5.48. The number of benzene rings is 1. The molecule has 3 N–H and O–H groups in total. The van der Waals surface area contributed by atoms with Crippen molar-refractivity contribution in [3.8, 4) is 0 Å². The van der Waals surface area contributed by atoms with Crippen molar-refractivity contribution in [2.45, 2.75) is 12.5 Å². The second-order valence-electron chi connectivity index (χ2n) is 5.05. The van der Waals surface area contributed by atoms with E-state index in [1.54, 1.807) is 17.0 Å². The third-order valence-electron chi connectivity index (χ3n) is 3.59. The Morgan fingerprint density at radius 2 is 1.95 bits per heavy atom. The van der Waals surface area contributed by atoms with Crippen molar-refractivity contribution in [3.05, 3.63) is 34.9 Å². The summed E-state index contributed by atoms with van der Waals surface area (Å²) in [6.45, 7) is 3.43. The first-order chi connectivity index (χ1) is 9.56. The smallest absolute Gasteiger partial charge is 0.314 e. The number of amides is 2. The van der Waals surface area contributed by atoms with E-state index in [-0.39, 0.29) is 6.03 Å². The number of halogens is 1. The van der Waals surface area contributed by atoms with E-state index in [4.69, 9.17) is 17.3 Å². The Hall–Kier alpha value is -1.30. The number of hydrogen-bond donors (Lipinski definition) is 2. The zero-order chi connectivity index (χ0) is 14.5. The number of aliphatic hydroxyl groups excluding tert-OH is 1. The molecule has 5 nitrogen and oxygen atoms in total. The molecule has 0 saturated carbocycles. The van der Waals surface area contributed by atoms with Gasteiger partial charge in [0.05, 0.1) is 6.10 Å². The van der Waals surface area contributed by atoms with Crippen LogP contribution in [-0.2, 0) is 0 Å². The minimum Gasteiger partial charge on any atom is -0.387 e. The molecule has 1 aliphatic rings. The number of hydrogen-bond acceptors (Lipinski definition) is 3. The van der Waals surface area contributed by atoms with Gasteiger partial charge in [0.2, 0.25) is 0 Å². The lowest BCUT2D eigenvalue weighted by Gasteiger charge is -2.23. The van der Waals surface area contributed by atoms with Gasteiger partial charge in [-0.3, -0.25) is 4.90 Å². The number of nitrogens with zero attached hydrogens (tertiary/aromatic N) is 2. The van der Waals surface area contributed by atoms with Gasteiger partial charge in [-0.2, -0.15) is 0 Å². The van der Waals surface area contributed by atoms with Gasteiger partial charge in [0.25, 0.3) is 0 Å². The van der Waals surface area contributed by atoms with E-state index in [1.165, 1.54) is 0 Å². The third-order valence-corrected chi connectivity index (χ3v) is 3.84. The fraction of sp³-hybridized carbons (Fsp3) is 0.500. The maximum absolute atomic E-state index is 11.2. The highest BCUT2D eigenvalue weighted by atomic mass is 35.5. The molecule has 1 heterocycles. The van der Waals surface area contributed by atoms with E-state index in [1.807, 2.05) is 12.1 Å². The van der Waals surface area contributed by atoms with Gasteiger partial charge in [0.1, 0.15) is 0 Å². The molecule has 110 valence electrons. The molecule has 1 aromatic carbocycles. The Morgan fingerprint density at radius 1 is 1.25 bits per heavy atom. The maximum Gasteiger partial charge on any atom is 0.314 e. The van der Waals surface area contributed by atoms with E-state index >= 15 is 0 Å². The molecule has 1 saturated heterocycles. The molecule has 6 heteroatoms. The van der Waals surface area contributed by atoms with Crippen LogP contribution in [0.15, 0.2) is 24.3 Å². The molecule has 1 fully saturated rings. The first-order valence-electron chi connectivity index (χ1n) is 6.76. The first-order valence-corrected chi connectivity index (χ1v) is 7.14. The fourth-order valence-electron chi connectivity index (χ4n) is 2.41. The summed E-state index contributed by atoms with van der Waals surface area (Å²) in [7, 11) is 0. The van der Waals surface area contributed by atoms with Crippen molar-refractivity contribution < 1.29 is 9.90 Å². The predicted octanol–water partition coefficient (Wildman–Crippen LogP) is 1.46. The molecule has 0 aromatic heterocycles. The van der Waals surface area contributed by atoms with Crippen molar-refractivity contribution in [1.82, 2.24) is 9.80 Å². The summed E-state index contributed by atoms with van der Waals surface area (Å²) in [5, 5.41) is 10.9. The standard InChI is InChI=1S/C14H20ClN3O2/c15-12-4-2-11(3-5-12)13(19)10-17-6-1-7-18(9-8-17)14(16)20/h2-5,13,19H,1,6-10H2,(H2,16,20). The lowest BCUT2D eigenvalue weighted by Crippen LogP contribution is -2.39. The predicted molar refractivity (Wildman–Crippen MR) is 78.6 cm³/mol. The topological polar surface area (TPSA) is 69.8 Å². The molecule has 1 unspecified atom stereocenters. The Balaban J connectivity index is 1.89. The summed E-state index contributed by atoms with van der Waals surface area (Å²) < 4.78 is 0. The summed E-state index contributed by atoms with van der Waals surface area (Å²) in [6, 6.07) is 6.85. The summed E-state index contributed by atoms with van der Waals surface area (Å²) >= 11 is 5.83. The molecule has 1 atom stereocenters. The zero-order valence-corrected chi connectivity index (χ0v) is 12.1. The average molecular weight is 298 g/mol. The highest BCUT2D eigenvalue weighted by Gasteiger charge is 2.19. The summed E-state index contributed by atoms with van der Waals surface area (Å²) in [6.07, 6.45) is 0.323. The fourth-order valence-corrected chi connectivity index (χ4v) is 2.53. The maximum atomic E-state index is 11.2. The van der Waals surface area contributed by atoms with E-state index < -0.39 is 6.10 Å². The zero-order valence-electron chi connectivity index (χ0n) is 11.3. The first kappa shape index (κ1) is 15.1. The van der Waals surface area contributed by atoms with Crippen molar-refractivity contribution in [3.63, 3.8) is 0 Å². The number of urea groups is 1. The minimum atomic E-state index is -0.549. The SMILES string of the molecule is NC(=O)N1CCCN(CC(O)c2ccc(Cl)cc2)CC1. The van der Waals surface area contributed by atoms with Crippen LogP contribution in [0.25, 0.3) is 0 Å². The van der Waals surface area contributed by atoms with Gasteiger partial charge in [-0.1, -0.05) is 23.7 Å². The third kappa shape index (κ3) is 4.10.